The molecule has 3 rings (SSSR count). The Morgan fingerprint density at radius 1 is 1.35 bits per heavy atom. The van der Waals surface area contributed by atoms with Gasteiger partial charge in [-0.2, -0.15) is 0 Å². The lowest BCUT2D eigenvalue weighted by molar-refractivity contribution is 0.753. The highest BCUT2D eigenvalue weighted by atomic mass is 16.1. The summed E-state index contributed by atoms with van der Waals surface area (Å²) < 4.78 is 0. The molecule has 0 radical (unpaired) electrons. The van der Waals surface area contributed by atoms with Crippen LogP contribution in [0.25, 0.3) is 10.9 Å². The molecular weight excluding hydrogens is 212 g/mol. The molecule has 17 heavy (non-hydrogen) atoms. The molecule has 1 aromatic heterocycles. The number of benzene rings is 1. The Bertz CT molecular complexity index is 609. The number of nitrogens with one attached hydrogen (secondary N) is 2. The van der Waals surface area contributed by atoms with Gasteiger partial charge in [0.05, 0.1) is 5.52 Å². The second-order valence-corrected chi connectivity index (χ2v) is 4.78. The van der Waals surface area contributed by atoms with Crippen LogP contribution in [-0.4, -0.2) is 18.1 Å². The molecule has 0 aliphatic carbocycles. The average molecular weight is 228 g/mol. The summed E-state index contributed by atoms with van der Waals surface area (Å²) in [4.78, 5) is 15.1. The van der Waals surface area contributed by atoms with Crippen LogP contribution in [0.3, 0.4) is 0 Å². The molecule has 0 spiro atoms. The molecule has 1 saturated heterocycles. The molecule has 2 N–H and O–H groups in total. The van der Waals surface area contributed by atoms with Crippen molar-refractivity contribution in [3.63, 3.8) is 0 Å². The first kappa shape index (κ1) is 10.5. The summed E-state index contributed by atoms with van der Waals surface area (Å²) in [5.74, 6) is 0.365. The third kappa shape index (κ3) is 1.76. The number of pyridine rings is 1. The zero-order valence-corrected chi connectivity index (χ0v) is 9.92. The topological polar surface area (TPSA) is 44.9 Å². The van der Waals surface area contributed by atoms with E-state index < -0.39 is 0 Å². The highest BCUT2D eigenvalue weighted by Crippen LogP contribution is 2.22. The Hall–Kier alpha value is -1.61. The Kier molecular flexibility index (Phi) is 2.48. The van der Waals surface area contributed by atoms with Gasteiger partial charge >= 0.3 is 0 Å². The Morgan fingerprint density at radius 2 is 2.24 bits per heavy atom. The van der Waals surface area contributed by atoms with E-state index in [0.717, 1.165) is 41.5 Å². The van der Waals surface area contributed by atoms with Gasteiger partial charge in [0.1, 0.15) is 0 Å². The largest absolute Gasteiger partial charge is 0.321 e. The van der Waals surface area contributed by atoms with E-state index in [4.69, 9.17) is 0 Å². The van der Waals surface area contributed by atoms with Crippen molar-refractivity contribution in [2.75, 3.05) is 13.1 Å². The van der Waals surface area contributed by atoms with Gasteiger partial charge in [-0.3, -0.25) is 4.79 Å². The second-order valence-electron chi connectivity index (χ2n) is 4.78. The number of aryl methyl sites for hydroxylation is 1. The quantitative estimate of drug-likeness (QED) is 0.783. The summed E-state index contributed by atoms with van der Waals surface area (Å²) in [5, 5.41) is 4.44. The maximum atomic E-state index is 12.1. The first-order valence-corrected chi connectivity index (χ1v) is 6.09. The van der Waals surface area contributed by atoms with Gasteiger partial charge in [-0.1, -0.05) is 18.2 Å². The first-order chi connectivity index (χ1) is 8.25. The fourth-order valence-electron chi connectivity index (χ4n) is 2.62. The van der Waals surface area contributed by atoms with Gasteiger partial charge in [-0.15, -0.1) is 0 Å². The van der Waals surface area contributed by atoms with Crippen LogP contribution in [0.4, 0.5) is 0 Å². The number of rotatable bonds is 1. The molecule has 88 valence electrons. The van der Waals surface area contributed by atoms with Crippen molar-refractivity contribution < 1.29 is 0 Å². The number of H-pyrrole nitrogens is 1. The minimum Gasteiger partial charge on any atom is -0.321 e. The van der Waals surface area contributed by atoms with Crippen molar-refractivity contribution in [3.05, 3.63) is 45.7 Å². The molecule has 1 atom stereocenters. The monoisotopic (exact) mass is 228 g/mol. The zero-order valence-electron chi connectivity index (χ0n) is 9.92. The van der Waals surface area contributed by atoms with Crippen molar-refractivity contribution in [1.29, 1.82) is 0 Å². The van der Waals surface area contributed by atoms with Gasteiger partial charge < -0.3 is 10.3 Å². The van der Waals surface area contributed by atoms with Gasteiger partial charge in [-0.05, 0) is 36.9 Å². The molecule has 1 fully saturated rings. The minimum absolute atomic E-state index is 0.0699. The van der Waals surface area contributed by atoms with Crippen LogP contribution < -0.4 is 10.9 Å². The number of aromatic amines is 1. The number of aromatic nitrogens is 1. The molecular formula is C14H16N2O. The summed E-state index contributed by atoms with van der Waals surface area (Å²) in [6.45, 7) is 3.95. The first-order valence-electron chi connectivity index (χ1n) is 6.09. The van der Waals surface area contributed by atoms with Crippen molar-refractivity contribution in [2.45, 2.75) is 19.3 Å². The zero-order chi connectivity index (χ0) is 11.8. The molecule has 0 bridgehead atoms. The van der Waals surface area contributed by atoms with E-state index in [-0.39, 0.29) is 5.56 Å². The Labute approximate surface area is 99.9 Å². The molecule has 0 amide bonds. The lowest BCUT2D eigenvalue weighted by Gasteiger charge is -2.09. The standard InChI is InChI=1S/C14H16N2O/c1-9-3-2-4-10-7-12(11-5-6-15-8-11)14(17)16-13(9)10/h2-4,7,11,15H,5-6,8H2,1H3,(H,16,17). The summed E-state index contributed by atoms with van der Waals surface area (Å²) in [6.07, 6.45) is 1.06. The lowest BCUT2D eigenvalue weighted by Crippen LogP contribution is -2.18. The summed E-state index contributed by atoms with van der Waals surface area (Å²) in [5.41, 5.74) is 3.08. The smallest absolute Gasteiger partial charge is 0.251 e. The molecule has 0 saturated carbocycles. The van der Waals surface area contributed by atoms with E-state index in [1.54, 1.807) is 0 Å². The number of hydrogen-bond donors (Lipinski definition) is 2. The van der Waals surface area contributed by atoms with Crippen LogP contribution >= 0.6 is 0 Å². The van der Waals surface area contributed by atoms with Crippen LogP contribution in [0.15, 0.2) is 29.1 Å². The minimum atomic E-state index is 0.0699. The lowest BCUT2D eigenvalue weighted by atomic mass is 9.98. The van der Waals surface area contributed by atoms with E-state index in [9.17, 15) is 4.79 Å². The molecule has 1 unspecified atom stereocenters. The van der Waals surface area contributed by atoms with Crippen LogP contribution in [0.1, 0.15) is 23.5 Å². The number of hydrogen-bond acceptors (Lipinski definition) is 2. The molecule has 3 heteroatoms. The third-order valence-electron chi connectivity index (χ3n) is 3.62. The van der Waals surface area contributed by atoms with Gasteiger partial charge in [-0.25, -0.2) is 0 Å². The van der Waals surface area contributed by atoms with E-state index in [1.165, 1.54) is 0 Å². The predicted octanol–water partition coefficient (Wildman–Crippen LogP) is 1.91. The molecule has 1 aliphatic heterocycles. The summed E-state index contributed by atoms with van der Waals surface area (Å²) in [7, 11) is 0. The third-order valence-corrected chi connectivity index (χ3v) is 3.62. The summed E-state index contributed by atoms with van der Waals surface area (Å²) in [6, 6.07) is 8.17. The van der Waals surface area contributed by atoms with Crippen molar-refractivity contribution >= 4 is 10.9 Å². The number of para-hydroxylation sites is 1. The Balaban J connectivity index is 2.20. The highest BCUT2D eigenvalue weighted by molar-refractivity contribution is 5.82. The maximum absolute atomic E-state index is 12.1. The molecule has 2 heterocycles. The summed E-state index contributed by atoms with van der Waals surface area (Å²) >= 11 is 0. The predicted molar refractivity (Wildman–Crippen MR) is 69.5 cm³/mol. The maximum Gasteiger partial charge on any atom is 0.251 e. The molecule has 1 aromatic carbocycles. The van der Waals surface area contributed by atoms with E-state index in [2.05, 4.69) is 22.4 Å². The van der Waals surface area contributed by atoms with Crippen LogP contribution in [0, 0.1) is 6.92 Å². The van der Waals surface area contributed by atoms with Crippen LogP contribution in [0.2, 0.25) is 0 Å². The highest BCUT2D eigenvalue weighted by Gasteiger charge is 2.19. The number of fused-ring (bicyclic) bond motifs is 1. The van der Waals surface area contributed by atoms with Gasteiger partial charge in [0, 0.05) is 18.0 Å². The molecule has 3 nitrogen and oxygen atoms in total. The van der Waals surface area contributed by atoms with Crippen molar-refractivity contribution in [3.8, 4) is 0 Å². The normalized spacial score (nSPS) is 19.9. The Morgan fingerprint density at radius 3 is 3.00 bits per heavy atom. The van der Waals surface area contributed by atoms with Crippen molar-refractivity contribution in [1.82, 2.24) is 10.3 Å². The van der Waals surface area contributed by atoms with E-state index in [0.29, 0.717) is 5.92 Å². The van der Waals surface area contributed by atoms with E-state index in [1.807, 2.05) is 19.1 Å². The average Bonchev–Trinajstić information content (AvgIpc) is 2.83. The van der Waals surface area contributed by atoms with Crippen LogP contribution in [0.5, 0.6) is 0 Å². The fraction of sp³-hybridized carbons (Fsp3) is 0.357. The SMILES string of the molecule is Cc1cccc2cc(C3CCNC3)c(=O)[nH]c12. The van der Waals surface area contributed by atoms with Crippen LogP contribution in [-0.2, 0) is 0 Å². The fourth-order valence-corrected chi connectivity index (χ4v) is 2.62. The molecule has 1 aliphatic rings. The van der Waals surface area contributed by atoms with Crippen molar-refractivity contribution in [2.24, 2.45) is 0 Å². The van der Waals surface area contributed by atoms with Gasteiger partial charge in [0.15, 0.2) is 0 Å². The molecule has 2 aromatic rings. The van der Waals surface area contributed by atoms with Gasteiger partial charge in [0.2, 0.25) is 0 Å². The second kappa shape index (κ2) is 4.00. The van der Waals surface area contributed by atoms with Gasteiger partial charge in [0.25, 0.3) is 5.56 Å². The van der Waals surface area contributed by atoms with E-state index >= 15 is 0 Å².